The van der Waals surface area contributed by atoms with Crippen LogP contribution < -0.4 is 10.6 Å². The van der Waals surface area contributed by atoms with E-state index in [1.807, 2.05) is 31.2 Å². The van der Waals surface area contributed by atoms with Crippen molar-refractivity contribution < 1.29 is 13.7 Å². The van der Waals surface area contributed by atoms with Gasteiger partial charge in [-0.15, -0.1) is 0 Å². The van der Waals surface area contributed by atoms with Crippen molar-refractivity contribution in [3.05, 3.63) is 83.6 Å². The molecule has 0 spiro atoms. The lowest BCUT2D eigenvalue weighted by molar-refractivity contribution is -0.111. The Bertz CT molecular complexity index is 928. The average Bonchev–Trinajstić information content (AvgIpc) is 3.05. The van der Waals surface area contributed by atoms with Gasteiger partial charge in [-0.2, -0.15) is 0 Å². The van der Waals surface area contributed by atoms with Crippen LogP contribution in [0.3, 0.4) is 0 Å². The van der Waals surface area contributed by atoms with Crippen molar-refractivity contribution >= 4 is 22.9 Å². The second kappa shape index (κ2) is 7.65. The molecule has 1 heterocycles. The first-order valence-electron chi connectivity index (χ1n) is 8.05. The molecule has 1 amide bonds. The molecule has 0 unspecified atom stereocenters. The Morgan fingerprint density at radius 2 is 1.69 bits per heavy atom. The topological polar surface area (TPSA) is 67.2 Å². The number of aryl methyl sites for hydroxylation is 2. The van der Waals surface area contributed by atoms with E-state index in [2.05, 4.69) is 15.8 Å². The van der Waals surface area contributed by atoms with Crippen LogP contribution in [0.5, 0.6) is 0 Å². The van der Waals surface area contributed by atoms with Gasteiger partial charge in [-0.1, -0.05) is 22.9 Å². The molecule has 132 valence electrons. The van der Waals surface area contributed by atoms with Crippen LogP contribution in [0, 0.1) is 19.7 Å². The molecule has 0 radical (unpaired) electrons. The van der Waals surface area contributed by atoms with E-state index in [1.165, 1.54) is 24.3 Å². The molecule has 0 bridgehead atoms. The number of rotatable bonds is 5. The average molecular weight is 351 g/mol. The number of hydrogen-bond donors (Lipinski definition) is 2. The zero-order valence-electron chi connectivity index (χ0n) is 14.4. The van der Waals surface area contributed by atoms with Crippen LogP contribution >= 0.6 is 0 Å². The predicted molar refractivity (Wildman–Crippen MR) is 99.0 cm³/mol. The fourth-order valence-electron chi connectivity index (χ4n) is 2.28. The van der Waals surface area contributed by atoms with E-state index in [4.69, 9.17) is 4.52 Å². The van der Waals surface area contributed by atoms with Crippen LogP contribution in [0.15, 0.2) is 65.3 Å². The van der Waals surface area contributed by atoms with Crippen molar-refractivity contribution in [1.29, 1.82) is 0 Å². The van der Waals surface area contributed by atoms with Crippen molar-refractivity contribution in [2.24, 2.45) is 0 Å². The molecule has 26 heavy (non-hydrogen) atoms. The number of hydrogen-bond acceptors (Lipinski definition) is 4. The molecule has 1 aromatic heterocycles. The van der Waals surface area contributed by atoms with Crippen LogP contribution in [0.2, 0.25) is 0 Å². The molecule has 0 saturated heterocycles. The van der Waals surface area contributed by atoms with Crippen molar-refractivity contribution in [2.75, 3.05) is 10.6 Å². The maximum Gasteiger partial charge on any atom is 0.261 e. The molecule has 2 N–H and O–H groups in total. The van der Waals surface area contributed by atoms with E-state index in [1.54, 1.807) is 19.2 Å². The molecule has 0 aliphatic rings. The number of carbonyl (C=O) groups excluding carboxylic acids is 1. The number of aromatic nitrogens is 1. The normalized spacial score (nSPS) is 11.3. The molecule has 0 aliphatic heterocycles. The van der Waals surface area contributed by atoms with Crippen LogP contribution in [0.25, 0.3) is 5.57 Å². The first-order chi connectivity index (χ1) is 12.5. The highest BCUT2D eigenvalue weighted by Crippen LogP contribution is 2.20. The zero-order chi connectivity index (χ0) is 18.5. The standard InChI is InChI=1S/C20H18FN3O2/c1-13-3-7-16(8-4-13)22-12-18(19-11-14(2)24-26-19)20(25)23-17-9-5-15(21)6-10-17/h3-12,22H,1-2H3,(H,23,25). The van der Waals surface area contributed by atoms with Gasteiger partial charge in [0, 0.05) is 23.6 Å². The Balaban J connectivity index is 1.84. The SMILES string of the molecule is Cc1ccc(NC=C(C(=O)Nc2ccc(F)cc2)c2cc(C)no2)cc1. The van der Waals surface area contributed by atoms with Gasteiger partial charge in [0.15, 0.2) is 5.76 Å². The molecule has 0 fully saturated rings. The van der Waals surface area contributed by atoms with E-state index >= 15 is 0 Å². The van der Waals surface area contributed by atoms with Gasteiger partial charge >= 0.3 is 0 Å². The summed E-state index contributed by atoms with van der Waals surface area (Å²) in [6, 6.07) is 15.0. The Morgan fingerprint density at radius 1 is 1.04 bits per heavy atom. The molecule has 3 aromatic rings. The first kappa shape index (κ1) is 17.4. The van der Waals surface area contributed by atoms with Crippen molar-refractivity contribution in [3.63, 3.8) is 0 Å². The number of amides is 1. The number of benzene rings is 2. The van der Waals surface area contributed by atoms with Gasteiger partial charge in [-0.05, 0) is 50.2 Å². The third-order valence-electron chi connectivity index (χ3n) is 3.67. The van der Waals surface area contributed by atoms with Crippen molar-refractivity contribution in [2.45, 2.75) is 13.8 Å². The van der Waals surface area contributed by atoms with E-state index < -0.39 is 5.91 Å². The number of nitrogens with one attached hydrogen (secondary N) is 2. The highest BCUT2D eigenvalue weighted by atomic mass is 19.1. The number of halogens is 1. The minimum atomic E-state index is -0.396. The monoisotopic (exact) mass is 351 g/mol. The molecule has 2 aromatic carbocycles. The maximum atomic E-state index is 13.0. The van der Waals surface area contributed by atoms with Gasteiger partial charge in [-0.3, -0.25) is 4.79 Å². The summed E-state index contributed by atoms with van der Waals surface area (Å²) in [5, 5.41) is 9.64. The maximum absolute atomic E-state index is 13.0. The van der Waals surface area contributed by atoms with E-state index in [0.29, 0.717) is 17.1 Å². The predicted octanol–water partition coefficient (Wildman–Crippen LogP) is 4.52. The Morgan fingerprint density at radius 3 is 2.31 bits per heavy atom. The lowest BCUT2D eigenvalue weighted by Crippen LogP contribution is -2.14. The lowest BCUT2D eigenvalue weighted by Gasteiger charge is -2.08. The lowest BCUT2D eigenvalue weighted by atomic mass is 10.1. The van der Waals surface area contributed by atoms with Crippen LogP contribution in [0.1, 0.15) is 17.0 Å². The van der Waals surface area contributed by atoms with Gasteiger partial charge in [0.05, 0.1) is 5.69 Å². The Labute approximate surface area is 150 Å². The summed E-state index contributed by atoms with van der Waals surface area (Å²) in [4.78, 5) is 12.7. The quantitative estimate of drug-likeness (QED) is 0.663. The molecule has 6 heteroatoms. The van der Waals surface area contributed by atoms with E-state index in [9.17, 15) is 9.18 Å². The largest absolute Gasteiger partial charge is 0.361 e. The van der Waals surface area contributed by atoms with E-state index in [-0.39, 0.29) is 11.4 Å². The summed E-state index contributed by atoms with van der Waals surface area (Å²) in [6.07, 6.45) is 1.56. The minimum absolute atomic E-state index is 0.274. The third-order valence-corrected chi connectivity index (χ3v) is 3.67. The Hall–Kier alpha value is -3.41. The molecule has 0 atom stereocenters. The molecular formula is C20H18FN3O2. The van der Waals surface area contributed by atoms with Crippen LogP contribution in [-0.4, -0.2) is 11.1 Å². The summed E-state index contributed by atoms with van der Waals surface area (Å²) in [5.41, 5.74) is 3.39. The fourth-order valence-corrected chi connectivity index (χ4v) is 2.28. The van der Waals surface area contributed by atoms with Gasteiger partial charge < -0.3 is 15.2 Å². The summed E-state index contributed by atoms with van der Waals surface area (Å²) in [7, 11) is 0. The zero-order valence-corrected chi connectivity index (χ0v) is 14.4. The van der Waals surface area contributed by atoms with E-state index in [0.717, 1.165) is 11.3 Å². The highest BCUT2D eigenvalue weighted by Gasteiger charge is 2.17. The molecule has 0 aliphatic carbocycles. The molecule has 0 saturated carbocycles. The molecule has 5 nitrogen and oxygen atoms in total. The third kappa shape index (κ3) is 4.36. The highest BCUT2D eigenvalue weighted by molar-refractivity contribution is 6.24. The second-order valence-corrected chi connectivity index (χ2v) is 5.86. The fraction of sp³-hybridized carbons (Fsp3) is 0.100. The van der Waals surface area contributed by atoms with Gasteiger partial charge in [0.1, 0.15) is 11.4 Å². The van der Waals surface area contributed by atoms with Crippen molar-refractivity contribution in [1.82, 2.24) is 5.16 Å². The number of anilines is 2. The van der Waals surface area contributed by atoms with Gasteiger partial charge in [-0.25, -0.2) is 4.39 Å². The van der Waals surface area contributed by atoms with Crippen molar-refractivity contribution in [3.8, 4) is 0 Å². The van der Waals surface area contributed by atoms with Crippen LogP contribution in [0.4, 0.5) is 15.8 Å². The summed E-state index contributed by atoms with van der Waals surface area (Å²) in [5.74, 6) is -0.431. The van der Waals surface area contributed by atoms with Gasteiger partial charge in [0.2, 0.25) is 0 Å². The smallest absolute Gasteiger partial charge is 0.261 e. The van der Waals surface area contributed by atoms with Gasteiger partial charge in [0.25, 0.3) is 5.91 Å². The summed E-state index contributed by atoms with van der Waals surface area (Å²) in [6.45, 7) is 3.77. The minimum Gasteiger partial charge on any atom is -0.361 e. The summed E-state index contributed by atoms with van der Waals surface area (Å²) >= 11 is 0. The first-order valence-corrected chi connectivity index (χ1v) is 8.05. The molecule has 3 rings (SSSR count). The number of nitrogens with zero attached hydrogens (tertiary/aromatic N) is 1. The summed E-state index contributed by atoms with van der Waals surface area (Å²) < 4.78 is 18.3. The second-order valence-electron chi connectivity index (χ2n) is 5.86. The van der Waals surface area contributed by atoms with Crippen LogP contribution in [-0.2, 0) is 4.79 Å². The Kier molecular flexibility index (Phi) is 5.12. The number of carbonyl (C=O) groups is 1. The molecular weight excluding hydrogens is 333 g/mol.